The lowest BCUT2D eigenvalue weighted by molar-refractivity contribution is -0.138. The Bertz CT molecular complexity index is 1010. The van der Waals surface area contributed by atoms with Crippen LogP contribution >= 0.6 is 0 Å². The largest absolute Gasteiger partial charge is 0.506 e. The van der Waals surface area contributed by atoms with Gasteiger partial charge in [0.1, 0.15) is 5.75 Å². The molecule has 0 amide bonds. The third kappa shape index (κ3) is 2.83. The van der Waals surface area contributed by atoms with Crippen molar-refractivity contribution in [1.82, 2.24) is 9.55 Å². The summed E-state index contributed by atoms with van der Waals surface area (Å²) in [5, 5.41) is 9.83. The molecule has 2 aromatic carbocycles. The van der Waals surface area contributed by atoms with Gasteiger partial charge in [-0.05, 0) is 30.3 Å². The zero-order valence-corrected chi connectivity index (χ0v) is 12.0. The van der Waals surface area contributed by atoms with Crippen molar-refractivity contribution >= 4 is 11.0 Å². The Labute approximate surface area is 134 Å². The maximum Gasteiger partial charge on any atom is 0.418 e. The standard InChI is InChI=1S/C15H8F6N2O2/c16-14(17,18)7-4-5-11(24)10(6-7)23-12-8(15(19,20)21)2-1-3-9(12)22-13(23)25/h1-6,24H,(H,22,25). The van der Waals surface area contributed by atoms with E-state index in [2.05, 4.69) is 4.98 Å². The summed E-state index contributed by atoms with van der Waals surface area (Å²) in [5.74, 6) is -0.770. The predicted molar refractivity (Wildman–Crippen MR) is 75.6 cm³/mol. The molecule has 0 saturated carbocycles. The number of benzene rings is 2. The minimum Gasteiger partial charge on any atom is -0.506 e. The van der Waals surface area contributed by atoms with E-state index >= 15 is 0 Å². The van der Waals surface area contributed by atoms with Crippen LogP contribution in [0.3, 0.4) is 0 Å². The number of aromatic amines is 1. The number of aromatic nitrogens is 2. The van der Waals surface area contributed by atoms with Crippen molar-refractivity contribution in [3.8, 4) is 11.4 Å². The van der Waals surface area contributed by atoms with Gasteiger partial charge >= 0.3 is 18.0 Å². The van der Waals surface area contributed by atoms with Crippen LogP contribution in [0, 0.1) is 0 Å². The fourth-order valence-corrected chi connectivity index (χ4v) is 2.50. The number of nitrogens with zero attached hydrogens (tertiary/aromatic N) is 1. The SMILES string of the molecule is O=c1[nH]c2cccc(C(F)(F)F)c2n1-c1cc(C(F)(F)F)ccc1O. The van der Waals surface area contributed by atoms with Gasteiger partial charge in [-0.1, -0.05) is 6.07 Å². The van der Waals surface area contributed by atoms with Crippen LogP contribution in [0.25, 0.3) is 16.7 Å². The second-order valence-electron chi connectivity index (χ2n) is 5.17. The highest BCUT2D eigenvalue weighted by molar-refractivity contribution is 5.82. The van der Waals surface area contributed by atoms with Crippen molar-refractivity contribution in [2.45, 2.75) is 12.4 Å². The second kappa shape index (κ2) is 5.30. The van der Waals surface area contributed by atoms with Crippen LogP contribution in [0.1, 0.15) is 11.1 Å². The number of nitrogens with one attached hydrogen (secondary N) is 1. The Hall–Kier alpha value is -2.91. The third-order valence-corrected chi connectivity index (χ3v) is 3.55. The summed E-state index contributed by atoms with van der Waals surface area (Å²) in [6.45, 7) is 0. The molecule has 0 radical (unpaired) electrons. The summed E-state index contributed by atoms with van der Waals surface area (Å²) in [7, 11) is 0. The van der Waals surface area contributed by atoms with Gasteiger partial charge in [0.05, 0.1) is 27.8 Å². The van der Waals surface area contributed by atoms with Gasteiger partial charge in [-0.15, -0.1) is 0 Å². The highest BCUT2D eigenvalue weighted by Crippen LogP contribution is 2.37. The van der Waals surface area contributed by atoms with Crippen LogP contribution in [0.15, 0.2) is 41.2 Å². The quantitative estimate of drug-likeness (QED) is 0.642. The molecular formula is C15H8F6N2O2. The van der Waals surface area contributed by atoms with Gasteiger partial charge in [-0.3, -0.25) is 4.57 Å². The molecule has 0 atom stereocenters. The first kappa shape index (κ1) is 16.9. The highest BCUT2D eigenvalue weighted by Gasteiger charge is 2.36. The minimum atomic E-state index is -4.85. The molecule has 1 aromatic heterocycles. The molecule has 0 aliphatic rings. The van der Waals surface area contributed by atoms with Crippen LogP contribution in [0.5, 0.6) is 5.75 Å². The van der Waals surface area contributed by atoms with E-state index in [1.807, 2.05) is 0 Å². The van der Waals surface area contributed by atoms with Crippen LogP contribution in [-0.2, 0) is 12.4 Å². The van der Waals surface area contributed by atoms with Gasteiger partial charge in [-0.25, -0.2) is 4.79 Å². The summed E-state index contributed by atoms with van der Waals surface area (Å²) >= 11 is 0. The normalized spacial score (nSPS) is 12.7. The first-order valence-corrected chi connectivity index (χ1v) is 6.71. The maximum absolute atomic E-state index is 13.2. The number of H-pyrrole nitrogens is 1. The average Bonchev–Trinajstić information content (AvgIpc) is 2.81. The first-order chi connectivity index (χ1) is 11.5. The molecule has 0 saturated heterocycles. The summed E-state index contributed by atoms with van der Waals surface area (Å²) in [6.07, 6.45) is -9.65. The van der Waals surface area contributed by atoms with Crippen molar-refractivity contribution < 1.29 is 31.4 Å². The molecule has 0 aliphatic carbocycles. The number of alkyl halides is 6. The first-order valence-electron chi connectivity index (χ1n) is 6.71. The second-order valence-corrected chi connectivity index (χ2v) is 5.17. The number of phenolic OH excluding ortho intramolecular Hbond substituents is 1. The lowest BCUT2D eigenvalue weighted by Gasteiger charge is -2.14. The Kier molecular flexibility index (Phi) is 3.59. The lowest BCUT2D eigenvalue weighted by Crippen LogP contribution is -2.17. The smallest absolute Gasteiger partial charge is 0.418 e. The molecule has 0 fully saturated rings. The zero-order valence-electron chi connectivity index (χ0n) is 12.0. The van der Waals surface area contributed by atoms with E-state index in [-0.39, 0.29) is 5.52 Å². The number of fused-ring (bicyclic) bond motifs is 1. The number of para-hydroxylation sites is 1. The third-order valence-electron chi connectivity index (χ3n) is 3.55. The van der Waals surface area contributed by atoms with Crippen LogP contribution < -0.4 is 5.69 Å². The summed E-state index contributed by atoms with van der Waals surface area (Å²) < 4.78 is 78.6. The number of imidazole rings is 1. The Morgan fingerprint density at radius 1 is 0.960 bits per heavy atom. The number of halogens is 6. The fraction of sp³-hybridized carbons (Fsp3) is 0.133. The zero-order chi connectivity index (χ0) is 18.6. The van der Waals surface area contributed by atoms with Gasteiger partial charge in [0, 0.05) is 0 Å². The van der Waals surface area contributed by atoms with E-state index in [0.29, 0.717) is 28.8 Å². The fourth-order valence-electron chi connectivity index (χ4n) is 2.50. The Morgan fingerprint density at radius 2 is 1.64 bits per heavy atom. The number of hydrogen-bond donors (Lipinski definition) is 2. The van der Waals surface area contributed by atoms with Crippen LogP contribution in [-0.4, -0.2) is 14.7 Å². The monoisotopic (exact) mass is 362 g/mol. The maximum atomic E-state index is 13.2. The highest BCUT2D eigenvalue weighted by atomic mass is 19.4. The van der Waals surface area contributed by atoms with Gasteiger partial charge in [-0.2, -0.15) is 26.3 Å². The average molecular weight is 362 g/mol. The van der Waals surface area contributed by atoms with Gasteiger partial charge in [0.2, 0.25) is 0 Å². The van der Waals surface area contributed by atoms with Crippen molar-refractivity contribution in [3.63, 3.8) is 0 Å². The van der Waals surface area contributed by atoms with Crippen LogP contribution in [0.2, 0.25) is 0 Å². The van der Waals surface area contributed by atoms with Gasteiger partial charge < -0.3 is 10.1 Å². The number of hydrogen-bond acceptors (Lipinski definition) is 2. The lowest BCUT2D eigenvalue weighted by atomic mass is 10.1. The molecule has 0 spiro atoms. The minimum absolute atomic E-state index is 0.225. The van der Waals surface area contributed by atoms with Crippen LogP contribution in [0.4, 0.5) is 26.3 Å². The molecule has 0 unspecified atom stereocenters. The van der Waals surface area contributed by atoms with Crippen molar-refractivity contribution in [2.24, 2.45) is 0 Å². The Morgan fingerprint density at radius 3 is 2.24 bits per heavy atom. The molecular weight excluding hydrogens is 354 g/mol. The van der Waals surface area contributed by atoms with E-state index in [0.717, 1.165) is 6.07 Å². The molecule has 0 bridgehead atoms. The van der Waals surface area contributed by atoms with E-state index < -0.39 is 46.1 Å². The van der Waals surface area contributed by atoms with Crippen molar-refractivity contribution in [3.05, 3.63) is 58.0 Å². The number of phenols is 1. The van der Waals surface area contributed by atoms with E-state index in [1.165, 1.54) is 6.07 Å². The number of aromatic hydroxyl groups is 1. The van der Waals surface area contributed by atoms with Gasteiger partial charge in [0.15, 0.2) is 0 Å². The van der Waals surface area contributed by atoms with Crippen molar-refractivity contribution in [1.29, 1.82) is 0 Å². The molecule has 1 heterocycles. The van der Waals surface area contributed by atoms with E-state index in [1.54, 1.807) is 0 Å². The molecule has 0 aliphatic heterocycles. The molecule has 4 nitrogen and oxygen atoms in total. The molecule has 3 rings (SSSR count). The van der Waals surface area contributed by atoms with E-state index in [9.17, 15) is 36.2 Å². The summed E-state index contributed by atoms with van der Waals surface area (Å²) in [6, 6.07) is 4.56. The van der Waals surface area contributed by atoms with Gasteiger partial charge in [0.25, 0.3) is 0 Å². The molecule has 10 heteroatoms. The predicted octanol–water partition coefficient (Wildman–Crippen LogP) is 4.06. The molecule has 2 N–H and O–H groups in total. The molecule has 132 valence electrons. The van der Waals surface area contributed by atoms with E-state index in [4.69, 9.17) is 0 Å². The summed E-state index contributed by atoms with van der Waals surface area (Å²) in [4.78, 5) is 14.2. The number of rotatable bonds is 1. The molecule has 25 heavy (non-hydrogen) atoms. The Balaban J connectivity index is 2.41. The van der Waals surface area contributed by atoms with Crippen molar-refractivity contribution in [2.75, 3.05) is 0 Å². The summed E-state index contributed by atoms with van der Waals surface area (Å²) in [5.41, 5.74) is -5.15. The topological polar surface area (TPSA) is 58.0 Å². The molecule has 3 aromatic rings.